The number of amides is 2. The molecule has 1 heterocycles. The molecule has 3 N–H and O–H groups in total. The Hall–Kier alpha value is -1.30. The Bertz CT molecular complexity index is 360. The van der Waals surface area contributed by atoms with E-state index >= 15 is 0 Å². The fraction of sp³-hybridized carbons (Fsp3) is 0.857. The smallest absolute Gasteiger partial charge is 0.329 e. The van der Waals surface area contributed by atoms with Crippen LogP contribution in [0, 0.1) is 5.92 Å². The summed E-state index contributed by atoms with van der Waals surface area (Å²) in [7, 11) is 0. The third kappa shape index (κ3) is 3.42. The molecule has 0 aromatic heterocycles. The first-order chi connectivity index (χ1) is 9.53. The van der Waals surface area contributed by atoms with E-state index in [0.29, 0.717) is 32.0 Å². The summed E-state index contributed by atoms with van der Waals surface area (Å²) < 4.78 is 5.18. The molecule has 6 nitrogen and oxygen atoms in total. The third-order valence-corrected chi connectivity index (χ3v) is 4.57. The van der Waals surface area contributed by atoms with E-state index in [0.717, 1.165) is 12.8 Å². The van der Waals surface area contributed by atoms with Gasteiger partial charge in [-0.2, -0.15) is 0 Å². The Kier molecular flexibility index (Phi) is 4.86. The Morgan fingerprint density at radius 2 is 1.85 bits per heavy atom. The lowest BCUT2D eigenvalue weighted by Gasteiger charge is -2.34. The van der Waals surface area contributed by atoms with E-state index in [1.165, 1.54) is 12.8 Å². The summed E-state index contributed by atoms with van der Waals surface area (Å²) in [4.78, 5) is 23.5. The highest BCUT2D eigenvalue weighted by atomic mass is 16.5. The first kappa shape index (κ1) is 15.1. The van der Waals surface area contributed by atoms with Gasteiger partial charge in [-0.25, -0.2) is 9.59 Å². The molecule has 6 heteroatoms. The van der Waals surface area contributed by atoms with Crippen LogP contribution in [0.1, 0.15) is 45.4 Å². The van der Waals surface area contributed by atoms with Crippen molar-refractivity contribution in [3.63, 3.8) is 0 Å². The zero-order valence-corrected chi connectivity index (χ0v) is 12.0. The molecule has 2 amide bonds. The topological polar surface area (TPSA) is 87.7 Å². The normalized spacial score (nSPS) is 24.1. The van der Waals surface area contributed by atoms with Gasteiger partial charge in [-0.15, -0.1) is 0 Å². The largest absolute Gasteiger partial charge is 0.480 e. The summed E-state index contributed by atoms with van der Waals surface area (Å²) in [5.41, 5.74) is -1.18. The minimum atomic E-state index is -1.18. The van der Waals surface area contributed by atoms with Crippen molar-refractivity contribution in [3.05, 3.63) is 0 Å². The van der Waals surface area contributed by atoms with Gasteiger partial charge in [0.2, 0.25) is 0 Å². The highest BCUT2D eigenvalue weighted by molar-refractivity contribution is 5.86. The van der Waals surface area contributed by atoms with Crippen molar-refractivity contribution in [3.8, 4) is 0 Å². The summed E-state index contributed by atoms with van der Waals surface area (Å²) >= 11 is 0. The van der Waals surface area contributed by atoms with Gasteiger partial charge in [-0.05, 0) is 25.7 Å². The standard InChI is InChI=1S/C14H24N2O4/c1-10(11-4-2-3-5-11)15-13(19)16-14(12(17)18)6-8-20-9-7-14/h10-11H,2-9H2,1H3,(H,17,18)(H2,15,16,19). The number of carbonyl (C=O) groups is 2. The lowest BCUT2D eigenvalue weighted by Crippen LogP contribution is -2.60. The van der Waals surface area contributed by atoms with Crippen LogP contribution in [-0.4, -0.2) is 41.9 Å². The molecule has 1 saturated carbocycles. The molecule has 2 fully saturated rings. The lowest BCUT2D eigenvalue weighted by atomic mass is 9.90. The molecule has 0 aromatic carbocycles. The molecule has 1 aliphatic carbocycles. The minimum absolute atomic E-state index is 0.0863. The highest BCUT2D eigenvalue weighted by Crippen LogP contribution is 2.27. The van der Waals surface area contributed by atoms with Crippen LogP contribution in [0.15, 0.2) is 0 Å². The predicted octanol–water partition coefficient (Wildman–Crippen LogP) is 1.50. The second-order valence-electron chi connectivity index (χ2n) is 5.93. The average Bonchev–Trinajstić information content (AvgIpc) is 2.93. The van der Waals surface area contributed by atoms with Crippen LogP contribution in [0.25, 0.3) is 0 Å². The molecule has 0 bridgehead atoms. The first-order valence-corrected chi connectivity index (χ1v) is 7.43. The fourth-order valence-corrected chi connectivity index (χ4v) is 3.15. The molecule has 1 saturated heterocycles. The van der Waals surface area contributed by atoms with Crippen molar-refractivity contribution in [1.29, 1.82) is 0 Å². The minimum Gasteiger partial charge on any atom is -0.480 e. The van der Waals surface area contributed by atoms with Crippen LogP contribution < -0.4 is 10.6 Å². The molecular formula is C14H24N2O4. The number of nitrogens with one attached hydrogen (secondary N) is 2. The number of carboxylic acid groups (broad SMARTS) is 1. The van der Waals surface area contributed by atoms with Crippen molar-refractivity contribution < 1.29 is 19.4 Å². The summed E-state index contributed by atoms with van der Waals surface area (Å²) in [6, 6.07) is -0.295. The van der Waals surface area contributed by atoms with Crippen molar-refractivity contribution in [1.82, 2.24) is 10.6 Å². The molecule has 2 aliphatic rings. The van der Waals surface area contributed by atoms with Crippen molar-refractivity contribution >= 4 is 12.0 Å². The predicted molar refractivity (Wildman–Crippen MR) is 73.5 cm³/mol. The number of carboxylic acids is 1. The van der Waals surface area contributed by atoms with Crippen LogP contribution in [0.5, 0.6) is 0 Å². The maximum atomic E-state index is 12.1. The average molecular weight is 284 g/mol. The van der Waals surface area contributed by atoms with Crippen LogP contribution in [0.4, 0.5) is 4.79 Å². The number of ether oxygens (including phenoxy) is 1. The molecule has 1 aliphatic heterocycles. The Labute approximate surface area is 119 Å². The van der Waals surface area contributed by atoms with E-state index in [-0.39, 0.29) is 12.1 Å². The van der Waals surface area contributed by atoms with E-state index in [9.17, 15) is 14.7 Å². The van der Waals surface area contributed by atoms with Crippen molar-refractivity contribution in [2.24, 2.45) is 5.92 Å². The van der Waals surface area contributed by atoms with Gasteiger partial charge in [0, 0.05) is 32.1 Å². The van der Waals surface area contributed by atoms with Gasteiger partial charge in [-0.1, -0.05) is 12.8 Å². The Morgan fingerprint density at radius 1 is 1.25 bits per heavy atom. The first-order valence-electron chi connectivity index (χ1n) is 7.43. The number of carbonyl (C=O) groups excluding carboxylic acids is 1. The Balaban J connectivity index is 1.89. The Morgan fingerprint density at radius 3 is 2.40 bits per heavy atom. The van der Waals surface area contributed by atoms with Gasteiger partial charge in [-0.3, -0.25) is 0 Å². The van der Waals surface area contributed by atoms with Crippen LogP contribution in [0.3, 0.4) is 0 Å². The van der Waals surface area contributed by atoms with Gasteiger partial charge in [0.25, 0.3) is 0 Å². The van der Waals surface area contributed by atoms with Gasteiger partial charge >= 0.3 is 12.0 Å². The van der Waals surface area contributed by atoms with Crippen LogP contribution >= 0.6 is 0 Å². The van der Waals surface area contributed by atoms with E-state index in [1.54, 1.807) is 0 Å². The monoisotopic (exact) mass is 284 g/mol. The van der Waals surface area contributed by atoms with Gasteiger partial charge in [0.1, 0.15) is 5.54 Å². The zero-order valence-electron chi connectivity index (χ0n) is 12.0. The molecule has 0 aromatic rings. The summed E-state index contributed by atoms with van der Waals surface area (Å²) in [5, 5.41) is 14.9. The van der Waals surface area contributed by atoms with E-state index in [4.69, 9.17) is 4.74 Å². The summed E-state index contributed by atoms with van der Waals surface area (Å²) in [6.45, 7) is 2.72. The van der Waals surface area contributed by atoms with Crippen LogP contribution in [-0.2, 0) is 9.53 Å². The molecular weight excluding hydrogens is 260 g/mol. The summed E-state index contributed by atoms with van der Waals surface area (Å²) in [6.07, 6.45) is 5.34. The highest BCUT2D eigenvalue weighted by Gasteiger charge is 2.42. The number of hydrogen-bond donors (Lipinski definition) is 3. The number of urea groups is 1. The SMILES string of the molecule is CC(NC(=O)NC1(C(=O)O)CCOCC1)C1CCCC1. The molecule has 20 heavy (non-hydrogen) atoms. The van der Waals surface area contributed by atoms with Gasteiger partial charge < -0.3 is 20.5 Å². The molecule has 0 radical (unpaired) electrons. The fourth-order valence-electron chi connectivity index (χ4n) is 3.15. The maximum absolute atomic E-state index is 12.1. The second-order valence-corrected chi connectivity index (χ2v) is 5.93. The zero-order chi connectivity index (χ0) is 14.6. The molecule has 114 valence electrons. The van der Waals surface area contributed by atoms with E-state index in [2.05, 4.69) is 10.6 Å². The maximum Gasteiger partial charge on any atom is 0.329 e. The van der Waals surface area contributed by atoms with Crippen LogP contribution in [0.2, 0.25) is 0 Å². The number of rotatable bonds is 4. The van der Waals surface area contributed by atoms with Gasteiger partial charge in [0.05, 0.1) is 0 Å². The van der Waals surface area contributed by atoms with Crippen molar-refractivity contribution in [2.75, 3.05) is 13.2 Å². The van der Waals surface area contributed by atoms with Gasteiger partial charge in [0.15, 0.2) is 0 Å². The van der Waals surface area contributed by atoms with E-state index < -0.39 is 11.5 Å². The van der Waals surface area contributed by atoms with Crippen molar-refractivity contribution in [2.45, 2.75) is 57.0 Å². The lowest BCUT2D eigenvalue weighted by molar-refractivity contribution is -0.148. The van der Waals surface area contributed by atoms with E-state index in [1.807, 2.05) is 6.92 Å². The summed E-state index contributed by atoms with van der Waals surface area (Å²) in [5.74, 6) is -0.472. The third-order valence-electron chi connectivity index (χ3n) is 4.57. The number of hydrogen-bond acceptors (Lipinski definition) is 3. The quantitative estimate of drug-likeness (QED) is 0.730. The molecule has 0 spiro atoms. The number of aliphatic carboxylic acids is 1. The molecule has 1 atom stereocenters. The molecule has 2 rings (SSSR count). The second kappa shape index (κ2) is 6.43. The molecule has 1 unspecified atom stereocenters.